The summed E-state index contributed by atoms with van der Waals surface area (Å²) in [5.41, 5.74) is 1.35. The number of hydrogen-bond acceptors (Lipinski definition) is 5. The molecule has 0 saturated carbocycles. The molecular weight excluding hydrogens is 358 g/mol. The second-order valence-electron chi connectivity index (χ2n) is 7.99. The maximum Gasteiger partial charge on any atom is 0.277 e. The Morgan fingerprint density at radius 3 is 2.21 bits per heavy atom. The molecule has 7 nitrogen and oxygen atoms in total. The van der Waals surface area contributed by atoms with Crippen LogP contribution in [0.1, 0.15) is 45.6 Å². The number of carbonyl (C=O) groups excluding carboxylic acids is 2. The molecule has 2 aliphatic heterocycles. The van der Waals surface area contributed by atoms with Gasteiger partial charge < -0.3 is 4.90 Å². The molecule has 150 valence electrons. The molecular formula is C21H27N3O4. The standard InChI is InChI=1S/C21H27N3O4/c1-4-5-10-23-20(25)18(16-6-8-17(9-7-16)24(27)28)19(21(23)26)22-12-14(2)11-15(3)13-22/h6-9,14-15H,4-5,10-13H2,1-3H3. The Hall–Kier alpha value is -2.70. The topological polar surface area (TPSA) is 83.8 Å². The van der Waals surface area contributed by atoms with Gasteiger partial charge in [-0.1, -0.05) is 27.2 Å². The van der Waals surface area contributed by atoms with Crippen LogP contribution >= 0.6 is 0 Å². The molecule has 2 unspecified atom stereocenters. The molecule has 28 heavy (non-hydrogen) atoms. The molecule has 0 bridgehead atoms. The van der Waals surface area contributed by atoms with Gasteiger partial charge in [-0.3, -0.25) is 24.6 Å². The molecule has 2 heterocycles. The Morgan fingerprint density at radius 2 is 1.68 bits per heavy atom. The first kappa shape index (κ1) is 20.0. The summed E-state index contributed by atoms with van der Waals surface area (Å²) in [5, 5.41) is 11.0. The summed E-state index contributed by atoms with van der Waals surface area (Å²) in [7, 11) is 0. The van der Waals surface area contributed by atoms with Crippen LogP contribution in [0.3, 0.4) is 0 Å². The van der Waals surface area contributed by atoms with Crippen LogP contribution in [-0.2, 0) is 9.59 Å². The highest BCUT2D eigenvalue weighted by molar-refractivity contribution is 6.35. The molecule has 1 fully saturated rings. The van der Waals surface area contributed by atoms with E-state index >= 15 is 0 Å². The number of hydrogen-bond donors (Lipinski definition) is 0. The van der Waals surface area contributed by atoms with Crippen molar-refractivity contribution in [3.63, 3.8) is 0 Å². The number of amides is 2. The summed E-state index contributed by atoms with van der Waals surface area (Å²) >= 11 is 0. The lowest BCUT2D eigenvalue weighted by atomic mass is 9.91. The van der Waals surface area contributed by atoms with E-state index in [1.165, 1.54) is 17.0 Å². The van der Waals surface area contributed by atoms with Crippen LogP contribution in [0.4, 0.5) is 5.69 Å². The molecule has 2 atom stereocenters. The Labute approximate surface area is 165 Å². The summed E-state index contributed by atoms with van der Waals surface area (Å²) in [6.07, 6.45) is 2.74. The number of likely N-dealkylation sites (tertiary alicyclic amines) is 1. The zero-order chi connectivity index (χ0) is 20.4. The number of piperidine rings is 1. The van der Waals surface area contributed by atoms with Crippen molar-refractivity contribution in [2.45, 2.75) is 40.0 Å². The smallest absolute Gasteiger partial charge is 0.277 e. The zero-order valence-corrected chi connectivity index (χ0v) is 16.7. The quantitative estimate of drug-likeness (QED) is 0.425. The number of benzene rings is 1. The largest absolute Gasteiger partial charge is 0.366 e. The van der Waals surface area contributed by atoms with Crippen LogP contribution in [0.5, 0.6) is 0 Å². The van der Waals surface area contributed by atoms with Gasteiger partial charge in [0.1, 0.15) is 5.70 Å². The number of rotatable bonds is 6. The van der Waals surface area contributed by atoms with E-state index in [1.54, 1.807) is 12.1 Å². The number of non-ortho nitro benzene ring substituents is 1. The van der Waals surface area contributed by atoms with Gasteiger partial charge in [-0.15, -0.1) is 0 Å². The fraction of sp³-hybridized carbons (Fsp3) is 0.524. The molecule has 0 spiro atoms. The van der Waals surface area contributed by atoms with E-state index in [1.807, 2.05) is 11.8 Å². The van der Waals surface area contributed by atoms with Gasteiger partial charge in [0.25, 0.3) is 17.5 Å². The summed E-state index contributed by atoms with van der Waals surface area (Å²) in [6.45, 7) is 8.20. The number of unbranched alkanes of at least 4 members (excludes halogenated alkanes) is 1. The molecule has 3 rings (SSSR count). The molecule has 0 aliphatic carbocycles. The van der Waals surface area contributed by atoms with Crippen LogP contribution in [0.15, 0.2) is 30.0 Å². The first-order valence-corrected chi connectivity index (χ1v) is 9.93. The molecule has 1 saturated heterocycles. The lowest BCUT2D eigenvalue weighted by molar-refractivity contribution is -0.384. The van der Waals surface area contributed by atoms with Crippen LogP contribution in [-0.4, -0.2) is 46.2 Å². The number of carbonyl (C=O) groups is 2. The van der Waals surface area contributed by atoms with Crippen molar-refractivity contribution in [1.82, 2.24) is 9.80 Å². The van der Waals surface area contributed by atoms with Gasteiger partial charge in [-0.25, -0.2) is 0 Å². The Bertz CT molecular complexity index is 805. The normalized spacial score (nSPS) is 23.0. The van der Waals surface area contributed by atoms with E-state index in [0.717, 1.165) is 32.4 Å². The highest BCUT2D eigenvalue weighted by Crippen LogP contribution is 2.35. The number of imide groups is 1. The van der Waals surface area contributed by atoms with Crippen molar-refractivity contribution in [3.8, 4) is 0 Å². The molecule has 0 N–H and O–H groups in total. The van der Waals surface area contributed by atoms with E-state index in [2.05, 4.69) is 13.8 Å². The molecule has 0 aromatic heterocycles. The van der Waals surface area contributed by atoms with Crippen molar-refractivity contribution in [2.24, 2.45) is 11.8 Å². The first-order valence-electron chi connectivity index (χ1n) is 9.93. The highest BCUT2D eigenvalue weighted by Gasteiger charge is 2.42. The van der Waals surface area contributed by atoms with Gasteiger partial charge in [-0.05, 0) is 42.4 Å². The second kappa shape index (κ2) is 8.12. The second-order valence-corrected chi connectivity index (χ2v) is 7.99. The lowest BCUT2D eigenvalue weighted by Gasteiger charge is -2.37. The summed E-state index contributed by atoms with van der Waals surface area (Å²) in [5.74, 6) is 0.324. The minimum atomic E-state index is -0.470. The van der Waals surface area contributed by atoms with E-state index in [0.29, 0.717) is 35.2 Å². The molecule has 7 heteroatoms. The first-order chi connectivity index (χ1) is 13.3. The highest BCUT2D eigenvalue weighted by atomic mass is 16.6. The van der Waals surface area contributed by atoms with E-state index < -0.39 is 4.92 Å². The summed E-state index contributed by atoms with van der Waals surface area (Å²) < 4.78 is 0. The van der Waals surface area contributed by atoms with Gasteiger partial charge in [0.15, 0.2) is 0 Å². The fourth-order valence-electron chi connectivity index (χ4n) is 4.23. The fourth-order valence-corrected chi connectivity index (χ4v) is 4.23. The molecule has 2 amide bonds. The molecule has 1 aromatic rings. The number of nitro groups is 1. The number of nitrogens with zero attached hydrogens (tertiary/aromatic N) is 3. The molecule has 1 aromatic carbocycles. The predicted octanol–water partition coefficient (Wildman–Crippen LogP) is 3.45. The van der Waals surface area contributed by atoms with Crippen LogP contribution in [0.2, 0.25) is 0 Å². The van der Waals surface area contributed by atoms with Crippen molar-refractivity contribution in [3.05, 3.63) is 45.6 Å². The maximum absolute atomic E-state index is 13.2. The van der Waals surface area contributed by atoms with Gasteiger partial charge in [0.2, 0.25) is 0 Å². The minimum absolute atomic E-state index is 0.0364. The van der Waals surface area contributed by atoms with Crippen LogP contribution in [0.25, 0.3) is 5.57 Å². The van der Waals surface area contributed by atoms with Crippen molar-refractivity contribution in [1.29, 1.82) is 0 Å². The third-order valence-corrected chi connectivity index (χ3v) is 5.43. The maximum atomic E-state index is 13.2. The van der Waals surface area contributed by atoms with E-state index in [9.17, 15) is 19.7 Å². The molecule has 2 aliphatic rings. The average Bonchev–Trinajstić information content (AvgIpc) is 2.89. The zero-order valence-electron chi connectivity index (χ0n) is 16.7. The van der Waals surface area contributed by atoms with E-state index in [-0.39, 0.29) is 17.5 Å². The third-order valence-electron chi connectivity index (χ3n) is 5.43. The molecule has 0 radical (unpaired) electrons. The summed E-state index contributed by atoms with van der Waals surface area (Å²) in [4.78, 5) is 40.2. The Kier molecular flexibility index (Phi) is 5.82. The van der Waals surface area contributed by atoms with Crippen molar-refractivity contribution in [2.75, 3.05) is 19.6 Å². The third kappa shape index (κ3) is 3.79. The lowest BCUT2D eigenvalue weighted by Crippen LogP contribution is -2.42. The van der Waals surface area contributed by atoms with Gasteiger partial charge in [0.05, 0.1) is 10.5 Å². The van der Waals surface area contributed by atoms with Crippen molar-refractivity contribution >= 4 is 23.1 Å². The van der Waals surface area contributed by atoms with Crippen LogP contribution < -0.4 is 0 Å². The summed E-state index contributed by atoms with van der Waals surface area (Å²) in [6, 6.07) is 5.90. The number of nitro benzene ring substituents is 1. The van der Waals surface area contributed by atoms with Gasteiger partial charge in [0, 0.05) is 31.8 Å². The Morgan fingerprint density at radius 1 is 1.07 bits per heavy atom. The monoisotopic (exact) mass is 385 g/mol. The van der Waals surface area contributed by atoms with Gasteiger partial charge in [-0.2, -0.15) is 0 Å². The minimum Gasteiger partial charge on any atom is -0.366 e. The SMILES string of the molecule is CCCCN1C(=O)C(c2ccc([N+](=O)[O-])cc2)=C(N2CC(C)CC(C)C2)C1=O. The average molecular weight is 385 g/mol. The Balaban J connectivity index is 2.04. The van der Waals surface area contributed by atoms with Gasteiger partial charge >= 0.3 is 0 Å². The van der Waals surface area contributed by atoms with Crippen molar-refractivity contribution < 1.29 is 14.5 Å². The predicted molar refractivity (Wildman–Crippen MR) is 106 cm³/mol. The van der Waals surface area contributed by atoms with E-state index in [4.69, 9.17) is 0 Å². The van der Waals surface area contributed by atoms with Crippen LogP contribution in [0, 0.1) is 22.0 Å².